The maximum absolute atomic E-state index is 7.02. The third-order valence-corrected chi connectivity index (χ3v) is 12.9. The molecule has 218 valence electrons. The molecule has 2 aromatic rings. The van der Waals surface area contributed by atoms with Gasteiger partial charge < -0.3 is 4.43 Å². The van der Waals surface area contributed by atoms with Crippen LogP contribution in [0.15, 0.2) is 60.7 Å². The fourth-order valence-electron chi connectivity index (χ4n) is 5.57. The van der Waals surface area contributed by atoms with Gasteiger partial charge in [0.25, 0.3) is 8.32 Å². The van der Waals surface area contributed by atoms with Crippen LogP contribution in [0.25, 0.3) is 0 Å². The first-order valence-corrected chi connectivity index (χ1v) is 18.1. The van der Waals surface area contributed by atoms with Crippen molar-refractivity contribution in [1.82, 2.24) is 0 Å². The van der Waals surface area contributed by atoms with Crippen LogP contribution in [0.3, 0.4) is 0 Å². The topological polar surface area (TPSA) is 9.23 Å². The molecule has 0 aliphatic heterocycles. The first-order valence-electron chi connectivity index (χ1n) is 16.2. The number of hydrogen-bond acceptors (Lipinski definition) is 1. The Morgan fingerprint density at radius 2 is 0.950 bits per heavy atom. The van der Waals surface area contributed by atoms with Gasteiger partial charge in [0.1, 0.15) is 0 Å². The lowest BCUT2D eigenvalue weighted by atomic mass is 10.1. The van der Waals surface area contributed by atoms with E-state index in [1.807, 2.05) is 0 Å². The molecule has 0 fully saturated rings. The minimum absolute atomic E-state index is 0.0533. The molecule has 0 heterocycles. The van der Waals surface area contributed by atoms with Crippen LogP contribution in [0.4, 0.5) is 0 Å². The van der Waals surface area contributed by atoms with Gasteiger partial charge in [-0.15, -0.1) is 0 Å². The molecule has 2 heteroatoms. The van der Waals surface area contributed by atoms with Gasteiger partial charge in [-0.1, -0.05) is 171 Å². The summed E-state index contributed by atoms with van der Waals surface area (Å²) in [5.74, 6) is 12.6. The molecular weight excluding hydrogens is 501 g/mol. The molecule has 0 amide bonds. The van der Waals surface area contributed by atoms with Crippen LogP contribution in [0.1, 0.15) is 130 Å². The Labute approximate surface area is 249 Å². The Kier molecular flexibility index (Phi) is 17.5. The van der Waals surface area contributed by atoms with E-state index < -0.39 is 8.32 Å². The summed E-state index contributed by atoms with van der Waals surface area (Å²) < 4.78 is 7.02. The molecule has 0 atom stereocenters. The quantitative estimate of drug-likeness (QED) is 0.0950. The third kappa shape index (κ3) is 12.5. The lowest BCUT2D eigenvalue weighted by molar-refractivity contribution is 0.286. The second kappa shape index (κ2) is 20.6. The molecule has 1 nitrogen and oxygen atoms in total. The zero-order chi connectivity index (χ0) is 28.8. The van der Waals surface area contributed by atoms with E-state index in [-0.39, 0.29) is 5.04 Å². The molecule has 0 radical (unpaired) electrons. The van der Waals surface area contributed by atoms with Crippen molar-refractivity contribution < 1.29 is 4.43 Å². The molecule has 0 bridgehead atoms. The lowest BCUT2D eigenvalue weighted by Gasteiger charge is -2.43. The molecule has 40 heavy (non-hydrogen) atoms. The predicted molar refractivity (Wildman–Crippen MR) is 179 cm³/mol. The molecule has 0 spiro atoms. The summed E-state index contributed by atoms with van der Waals surface area (Å²) in [6, 6.07) is 22.0. The zero-order valence-electron chi connectivity index (χ0n) is 26.2. The number of unbranched alkanes of at least 4 members (excludes halogenated alkanes) is 14. The van der Waals surface area contributed by atoms with Crippen molar-refractivity contribution in [2.75, 3.05) is 6.61 Å². The van der Waals surface area contributed by atoms with Gasteiger partial charge in [0.2, 0.25) is 0 Å². The molecule has 0 unspecified atom stereocenters. The smallest absolute Gasteiger partial charge is 0.261 e. The monoisotopic (exact) mass is 556 g/mol. The maximum Gasteiger partial charge on any atom is 0.261 e. The van der Waals surface area contributed by atoms with Gasteiger partial charge in [-0.05, 0) is 46.5 Å². The molecule has 2 rings (SSSR count). The molecule has 0 saturated carbocycles. The van der Waals surface area contributed by atoms with E-state index in [9.17, 15) is 0 Å². The largest absolute Gasteiger partial charge is 0.407 e. The average Bonchev–Trinajstić information content (AvgIpc) is 2.96. The lowest BCUT2D eigenvalue weighted by Crippen LogP contribution is -2.66. The summed E-state index contributed by atoms with van der Waals surface area (Å²) in [5, 5.41) is 2.80. The first-order chi connectivity index (χ1) is 19.5. The van der Waals surface area contributed by atoms with Gasteiger partial charge in [0, 0.05) is 19.4 Å². The minimum Gasteiger partial charge on any atom is -0.407 e. The van der Waals surface area contributed by atoms with Gasteiger partial charge in [-0.2, -0.15) is 0 Å². The van der Waals surface area contributed by atoms with Crippen LogP contribution >= 0.6 is 0 Å². The molecule has 0 N–H and O–H groups in total. The SMILES string of the molecule is CCCCCCCCCC#CC#CCCCCCCCCCO[Si](c1ccccc1)(c1ccccc1)C(C)(C)C. The maximum atomic E-state index is 7.02. The Morgan fingerprint density at radius 1 is 0.550 bits per heavy atom. The summed E-state index contributed by atoms with van der Waals surface area (Å²) in [7, 11) is -2.39. The summed E-state index contributed by atoms with van der Waals surface area (Å²) in [6.07, 6.45) is 20.2. The van der Waals surface area contributed by atoms with Crippen molar-refractivity contribution in [3.63, 3.8) is 0 Å². The number of benzene rings is 2. The van der Waals surface area contributed by atoms with Gasteiger partial charge in [0.15, 0.2) is 0 Å². The minimum atomic E-state index is -2.39. The van der Waals surface area contributed by atoms with Crippen molar-refractivity contribution in [2.45, 2.75) is 135 Å². The Hall–Kier alpha value is -2.26. The van der Waals surface area contributed by atoms with Gasteiger partial charge in [-0.3, -0.25) is 0 Å². The summed E-state index contributed by atoms with van der Waals surface area (Å²) >= 11 is 0. The van der Waals surface area contributed by atoms with Crippen molar-refractivity contribution in [3.8, 4) is 23.7 Å². The Bertz CT molecular complexity index is 974. The summed E-state index contributed by atoms with van der Waals surface area (Å²) in [4.78, 5) is 0. The summed E-state index contributed by atoms with van der Waals surface area (Å²) in [6.45, 7) is 10.2. The van der Waals surface area contributed by atoms with E-state index >= 15 is 0 Å². The van der Waals surface area contributed by atoms with Crippen LogP contribution in [-0.2, 0) is 4.43 Å². The van der Waals surface area contributed by atoms with Crippen LogP contribution in [0.5, 0.6) is 0 Å². The summed E-state index contributed by atoms with van der Waals surface area (Å²) in [5.41, 5.74) is 0. The highest BCUT2D eigenvalue weighted by Gasteiger charge is 2.49. The second-order valence-electron chi connectivity index (χ2n) is 12.2. The fourth-order valence-corrected chi connectivity index (χ4v) is 10.2. The highest BCUT2D eigenvalue weighted by atomic mass is 28.4. The molecule has 2 aromatic carbocycles. The predicted octanol–water partition coefficient (Wildman–Crippen LogP) is 9.83. The standard InChI is InChI=1S/C38H56OSi/c1-5-6-7-8-9-10-11-12-13-14-15-16-17-18-19-20-21-22-23-30-35-39-40(38(2,3)4,36-31-26-24-27-32-36)37-33-28-25-29-34-37/h24-29,31-34H,5-12,17-23,30,35H2,1-4H3. The van der Waals surface area contributed by atoms with E-state index in [0.717, 1.165) is 25.9 Å². The number of hydrogen-bond donors (Lipinski definition) is 0. The van der Waals surface area contributed by atoms with E-state index in [1.54, 1.807) is 0 Å². The van der Waals surface area contributed by atoms with Crippen molar-refractivity contribution >= 4 is 18.7 Å². The molecule has 0 aliphatic carbocycles. The molecule has 0 aliphatic rings. The van der Waals surface area contributed by atoms with Crippen LogP contribution in [-0.4, -0.2) is 14.9 Å². The van der Waals surface area contributed by atoms with Crippen LogP contribution in [0.2, 0.25) is 5.04 Å². The van der Waals surface area contributed by atoms with E-state index in [1.165, 1.54) is 93.8 Å². The highest BCUT2D eigenvalue weighted by Crippen LogP contribution is 2.36. The Balaban J connectivity index is 1.61. The van der Waals surface area contributed by atoms with Crippen LogP contribution < -0.4 is 10.4 Å². The van der Waals surface area contributed by atoms with Crippen molar-refractivity contribution in [3.05, 3.63) is 60.7 Å². The fraction of sp³-hybridized carbons (Fsp3) is 0.579. The Morgan fingerprint density at radius 3 is 1.38 bits per heavy atom. The first kappa shape index (κ1) is 33.9. The van der Waals surface area contributed by atoms with Gasteiger partial charge in [0.05, 0.1) is 0 Å². The molecular formula is C38H56OSi. The highest BCUT2D eigenvalue weighted by molar-refractivity contribution is 6.99. The van der Waals surface area contributed by atoms with Gasteiger partial charge >= 0.3 is 0 Å². The van der Waals surface area contributed by atoms with Crippen molar-refractivity contribution in [2.24, 2.45) is 0 Å². The van der Waals surface area contributed by atoms with E-state index in [2.05, 4.69) is 112 Å². The van der Waals surface area contributed by atoms with Crippen LogP contribution in [0, 0.1) is 23.7 Å². The van der Waals surface area contributed by atoms with E-state index in [0.29, 0.717) is 0 Å². The third-order valence-electron chi connectivity index (χ3n) is 7.83. The van der Waals surface area contributed by atoms with E-state index in [4.69, 9.17) is 4.43 Å². The van der Waals surface area contributed by atoms with Gasteiger partial charge in [-0.25, -0.2) is 0 Å². The number of rotatable bonds is 19. The zero-order valence-corrected chi connectivity index (χ0v) is 27.2. The normalized spacial score (nSPS) is 11.4. The molecule has 0 saturated heterocycles. The second-order valence-corrected chi connectivity index (χ2v) is 16.5. The average molecular weight is 557 g/mol. The van der Waals surface area contributed by atoms with Crippen molar-refractivity contribution in [1.29, 1.82) is 0 Å². The molecule has 0 aromatic heterocycles.